The molecule has 1 N–H and O–H groups in total. The summed E-state index contributed by atoms with van der Waals surface area (Å²) >= 11 is 6.29. The van der Waals surface area contributed by atoms with Crippen molar-refractivity contribution in [3.05, 3.63) is 58.6 Å². The summed E-state index contributed by atoms with van der Waals surface area (Å²) in [5.41, 5.74) is 2.23. The second kappa shape index (κ2) is 7.34. The van der Waals surface area contributed by atoms with Gasteiger partial charge in [-0.15, -0.1) is 0 Å². The predicted molar refractivity (Wildman–Crippen MR) is 86.3 cm³/mol. The number of hydrogen-bond donors (Lipinski definition) is 1. The van der Waals surface area contributed by atoms with Gasteiger partial charge in [-0.1, -0.05) is 41.9 Å². The lowest BCUT2D eigenvalue weighted by atomic mass is 10.1. The molecule has 0 saturated heterocycles. The lowest BCUT2D eigenvalue weighted by molar-refractivity contribution is 0.354. The van der Waals surface area contributed by atoms with Crippen LogP contribution in [0.15, 0.2) is 42.5 Å². The summed E-state index contributed by atoms with van der Waals surface area (Å²) in [5.74, 6) is 1.33. The molecule has 0 bridgehead atoms. The topological polar surface area (TPSA) is 30.5 Å². The first-order valence-corrected chi connectivity index (χ1v) is 7.22. The standard InChI is InChI=1S/C17H20ClNO2/c1-12(13-7-5-4-6-8-13)19-11-14-9-16(20-2)17(21-3)10-15(14)18/h4-10,12,19H,11H2,1-3H3/t12-/m1/s1. The van der Waals surface area contributed by atoms with Crippen LogP contribution in [0.25, 0.3) is 0 Å². The third kappa shape index (κ3) is 3.90. The van der Waals surface area contributed by atoms with E-state index in [4.69, 9.17) is 21.1 Å². The zero-order valence-corrected chi connectivity index (χ0v) is 13.3. The van der Waals surface area contributed by atoms with Crippen molar-refractivity contribution in [2.24, 2.45) is 0 Å². The van der Waals surface area contributed by atoms with E-state index in [9.17, 15) is 0 Å². The molecule has 4 heteroatoms. The van der Waals surface area contributed by atoms with Crippen LogP contribution in [0.3, 0.4) is 0 Å². The van der Waals surface area contributed by atoms with E-state index < -0.39 is 0 Å². The Morgan fingerprint density at radius 3 is 2.29 bits per heavy atom. The number of halogens is 1. The molecule has 1 atom stereocenters. The van der Waals surface area contributed by atoms with Crippen LogP contribution in [-0.2, 0) is 6.54 Å². The fraction of sp³-hybridized carbons (Fsp3) is 0.294. The Morgan fingerprint density at radius 2 is 1.67 bits per heavy atom. The highest BCUT2D eigenvalue weighted by molar-refractivity contribution is 6.31. The molecule has 2 aromatic carbocycles. The molecule has 0 fully saturated rings. The minimum atomic E-state index is 0.246. The number of hydrogen-bond acceptors (Lipinski definition) is 3. The molecule has 0 amide bonds. The SMILES string of the molecule is COc1cc(Cl)c(CN[C@H](C)c2ccccc2)cc1OC. The molecule has 0 aliphatic heterocycles. The first-order chi connectivity index (χ1) is 10.2. The maximum atomic E-state index is 6.29. The zero-order chi connectivity index (χ0) is 15.2. The molecule has 2 aromatic rings. The van der Waals surface area contributed by atoms with Crippen LogP contribution in [0.1, 0.15) is 24.1 Å². The van der Waals surface area contributed by atoms with Crippen molar-refractivity contribution < 1.29 is 9.47 Å². The van der Waals surface area contributed by atoms with Gasteiger partial charge in [-0.3, -0.25) is 0 Å². The van der Waals surface area contributed by atoms with Crippen molar-refractivity contribution >= 4 is 11.6 Å². The van der Waals surface area contributed by atoms with E-state index in [-0.39, 0.29) is 6.04 Å². The van der Waals surface area contributed by atoms with E-state index in [2.05, 4.69) is 24.4 Å². The first-order valence-electron chi connectivity index (χ1n) is 6.84. The average Bonchev–Trinajstić information content (AvgIpc) is 2.53. The number of rotatable bonds is 6. The smallest absolute Gasteiger partial charge is 0.162 e. The Balaban J connectivity index is 2.09. The fourth-order valence-corrected chi connectivity index (χ4v) is 2.37. The second-order valence-corrected chi connectivity index (χ2v) is 5.22. The molecule has 0 saturated carbocycles. The highest BCUT2D eigenvalue weighted by Gasteiger charge is 2.11. The minimum absolute atomic E-state index is 0.246. The normalized spacial score (nSPS) is 12.0. The Hall–Kier alpha value is -1.71. The van der Waals surface area contributed by atoms with Gasteiger partial charge in [0, 0.05) is 23.7 Å². The van der Waals surface area contributed by atoms with Crippen molar-refractivity contribution in [1.82, 2.24) is 5.32 Å². The molecule has 0 unspecified atom stereocenters. The summed E-state index contributed by atoms with van der Waals surface area (Å²) in [6.07, 6.45) is 0. The maximum absolute atomic E-state index is 6.29. The quantitative estimate of drug-likeness (QED) is 0.867. The molecular formula is C17H20ClNO2. The van der Waals surface area contributed by atoms with Gasteiger partial charge < -0.3 is 14.8 Å². The van der Waals surface area contributed by atoms with Crippen molar-refractivity contribution in [1.29, 1.82) is 0 Å². The number of ether oxygens (including phenoxy) is 2. The van der Waals surface area contributed by atoms with Gasteiger partial charge in [0.25, 0.3) is 0 Å². The molecule has 3 nitrogen and oxygen atoms in total. The van der Waals surface area contributed by atoms with Gasteiger partial charge in [0.05, 0.1) is 14.2 Å². The largest absolute Gasteiger partial charge is 0.493 e. The third-order valence-electron chi connectivity index (χ3n) is 3.45. The van der Waals surface area contributed by atoms with Crippen LogP contribution in [0.2, 0.25) is 5.02 Å². The van der Waals surface area contributed by atoms with Crippen LogP contribution in [-0.4, -0.2) is 14.2 Å². The summed E-state index contributed by atoms with van der Waals surface area (Å²) in [5, 5.41) is 4.13. The molecule has 0 radical (unpaired) electrons. The summed E-state index contributed by atoms with van der Waals surface area (Å²) in [6.45, 7) is 2.79. The van der Waals surface area contributed by atoms with E-state index in [1.807, 2.05) is 24.3 Å². The molecule has 2 rings (SSSR count). The van der Waals surface area contributed by atoms with Crippen LogP contribution in [0, 0.1) is 0 Å². The van der Waals surface area contributed by atoms with Gasteiger partial charge in [-0.25, -0.2) is 0 Å². The molecule has 0 aromatic heterocycles. The van der Waals surface area contributed by atoms with Gasteiger partial charge in [-0.05, 0) is 24.1 Å². The highest BCUT2D eigenvalue weighted by atomic mass is 35.5. The third-order valence-corrected chi connectivity index (χ3v) is 3.80. The van der Waals surface area contributed by atoms with Gasteiger partial charge in [-0.2, -0.15) is 0 Å². The van der Waals surface area contributed by atoms with Crippen molar-refractivity contribution in [3.8, 4) is 11.5 Å². The zero-order valence-electron chi connectivity index (χ0n) is 12.5. The lowest BCUT2D eigenvalue weighted by Gasteiger charge is -2.16. The lowest BCUT2D eigenvalue weighted by Crippen LogP contribution is -2.18. The Bertz CT molecular complexity index is 587. The number of nitrogens with one attached hydrogen (secondary N) is 1. The molecule has 112 valence electrons. The van der Waals surface area contributed by atoms with Crippen LogP contribution < -0.4 is 14.8 Å². The number of methoxy groups -OCH3 is 2. The van der Waals surface area contributed by atoms with Crippen LogP contribution in [0.5, 0.6) is 11.5 Å². The monoisotopic (exact) mass is 305 g/mol. The van der Waals surface area contributed by atoms with E-state index in [1.54, 1.807) is 20.3 Å². The van der Waals surface area contributed by atoms with Gasteiger partial charge in [0.15, 0.2) is 11.5 Å². The van der Waals surface area contributed by atoms with E-state index in [0.29, 0.717) is 23.1 Å². The van der Waals surface area contributed by atoms with E-state index in [0.717, 1.165) is 5.56 Å². The van der Waals surface area contributed by atoms with Gasteiger partial charge in [0.2, 0.25) is 0 Å². The highest BCUT2D eigenvalue weighted by Crippen LogP contribution is 2.33. The maximum Gasteiger partial charge on any atom is 0.162 e. The first kappa shape index (κ1) is 15.7. The van der Waals surface area contributed by atoms with Crippen molar-refractivity contribution in [2.75, 3.05) is 14.2 Å². The molecule has 0 heterocycles. The van der Waals surface area contributed by atoms with Gasteiger partial charge >= 0.3 is 0 Å². The fourth-order valence-electron chi connectivity index (χ4n) is 2.15. The molecule has 0 aliphatic rings. The Morgan fingerprint density at radius 1 is 1.05 bits per heavy atom. The second-order valence-electron chi connectivity index (χ2n) is 4.81. The molecule has 0 spiro atoms. The van der Waals surface area contributed by atoms with Crippen LogP contribution in [0.4, 0.5) is 0 Å². The van der Waals surface area contributed by atoms with Crippen molar-refractivity contribution in [3.63, 3.8) is 0 Å². The van der Waals surface area contributed by atoms with E-state index in [1.165, 1.54) is 5.56 Å². The molecule has 0 aliphatic carbocycles. The summed E-state index contributed by atoms with van der Waals surface area (Å²) in [4.78, 5) is 0. The Kier molecular flexibility index (Phi) is 5.48. The molecule has 21 heavy (non-hydrogen) atoms. The van der Waals surface area contributed by atoms with Crippen LogP contribution >= 0.6 is 11.6 Å². The summed E-state index contributed by atoms with van der Waals surface area (Å²) in [6, 6.07) is 14.2. The summed E-state index contributed by atoms with van der Waals surface area (Å²) < 4.78 is 10.5. The Labute approximate surface area is 130 Å². The van der Waals surface area contributed by atoms with E-state index >= 15 is 0 Å². The van der Waals surface area contributed by atoms with Crippen molar-refractivity contribution in [2.45, 2.75) is 19.5 Å². The average molecular weight is 306 g/mol. The predicted octanol–water partition coefficient (Wildman–Crippen LogP) is 4.21. The molecular weight excluding hydrogens is 286 g/mol. The summed E-state index contributed by atoms with van der Waals surface area (Å²) in [7, 11) is 3.22. The van der Waals surface area contributed by atoms with Gasteiger partial charge in [0.1, 0.15) is 0 Å². The minimum Gasteiger partial charge on any atom is -0.493 e. The number of benzene rings is 2.